The maximum absolute atomic E-state index is 12.3. The highest BCUT2D eigenvalue weighted by atomic mass is 35.5. The minimum Gasteiger partial charge on any atom is -0.376 e. The van der Waals surface area contributed by atoms with Crippen LogP contribution in [0.1, 0.15) is 5.56 Å². The molecule has 1 atom stereocenters. The van der Waals surface area contributed by atoms with Crippen LogP contribution in [0.5, 0.6) is 0 Å². The molecule has 2 rings (SSSR count). The van der Waals surface area contributed by atoms with E-state index in [1.54, 1.807) is 18.2 Å². The fourth-order valence-electron chi connectivity index (χ4n) is 1.50. The lowest BCUT2D eigenvalue weighted by Crippen LogP contribution is -2.24. The Morgan fingerprint density at radius 2 is 2.23 bits per heavy atom. The van der Waals surface area contributed by atoms with E-state index < -0.39 is 12.5 Å². The topological polar surface area (TPSA) is 12.0 Å². The number of halogens is 3. The zero-order valence-corrected chi connectivity index (χ0v) is 7.48. The van der Waals surface area contributed by atoms with Gasteiger partial charge in [0.1, 0.15) is 0 Å². The first-order valence-electron chi connectivity index (χ1n) is 4.00. The summed E-state index contributed by atoms with van der Waals surface area (Å²) < 4.78 is 24.6. The van der Waals surface area contributed by atoms with Crippen LogP contribution >= 0.6 is 11.6 Å². The van der Waals surface area contributed by atoms with Crippen molar-refractivity contribution in [3.05, 3.63) is 28.8 Å². The molecule has 1 nitrogen and oxygen atoms in total. The van der Waals surface area contributed by atoms with Crippen LogP contribution in [-0.2, 0) is 6.42 Å². The molecular weight excluding hydrogens is 196 g/mol. The second-order valence-corrected chi connectivity index (χ2v) is 3.53. The van der Waals surface area contributed by atoms with Crippen LogP contribution in [0.2, 0.25) is 5.02 Å². The van der Waals surface area contributed by atoms with Crippen molar-refractivity contribution in [3.63, 3.8) is 0 Å². The van der Waals surface area contributed by atoms with Crippen molar-refractivity contribution < 1.29 is 8.78 Å². The van der Waals surface area contributed by atoms with E-state index in [9.17, 15) is 8.78 Å². The Labute approximate surface area is 79.7 Å². The van der Waals surface area contributed by atoms with Gasteiger partial charge in [-0.25, -0.2) is 8.78 Å². The van der Waals surface area contributed by atoms with Crippen LogP contribution in [0, 0.1) is 0 Å². The molecule has 0 saturated carbocycles. The molecule has 1 aromatic carbocycles. The van der Waals surface area contributed by atoms with E-state index in [4.69, 9.17) is 11.6 Å². The Morgan fingerprint density at radius 3 is 2.92 bits per heavy atom. The van der Waals surface area contributed by atoms with E-state index in [1.165, 1.54) is 0 Å². The third-order valence-corrected chi connectivity index (χ3v) is 2.39. The minimum absolute atomic E-state index is 0.379. The van der Waals surface area contributed by atoms with Gasteiger partial charge in [-0.15, -0.1) is 0 Å². The Balaban J connectivity index is 2.25. The van der Waals surface area contributed by atoms with Gasteiger partial charge < -0.3 is 5.32 Å². The average molecular weight is 204 g/mol. The molecule has 1 aliphatic heterocycles. The van der Waals surface area contributed by atoms with Gasteiger partial charge in [0.05, 0.1) is 6.04 Å². The molecule has 70 valence electrons. The van der Waals surface area contributed by atoms with Crippen LogP contribution in [0.4, 0.5) is 14.5 Å². The summed E-state index contributed by atoms with van der Waals surface area (Å²) in [5.41, 5.74) is 1.65. The van der Waals surface area contributed by atoms with Gasteiger partial charge in [0.15, 0.2) is 0 Å². The summed E-state index contributed by atoms with van der Waals surface area (Å²) in [5.74, 6) is 0. The summed E-state index contributed by atoms with van der Waals surface area (Å²) in [5, 5.41) is 3.31. The first kappa shape index (κ1) is 8.75. The van der Waals surface area contributed by atoms with Crippen molar-refractivity contribution in [3.8, 4) is 0 Å². The van der Waals surface area contributed by atoms with Crippen LogP contribution < -0.4 is 5.32 Å². The molecule has 13 heavy (non-hydrogen) atoms. The quantitative estimate of drug-likeness (QED) is 0.740. The van der Waals surface area contributed by atoms with Gasteiger partial charge in [-0.2, -0.15) is 0 Å². The van der Waals surface area contributed by atoms with Gasteiger partial charge in [-0.05, 0) is 17.7 Å². The van der Waals surface area contributed by atoms with Crippen molar-refractivity contribution in [1.82, 2.24) is 0 Å². The molecule has 1 unspecified atom stereocenters. The molecule has 0 saturated heterocycles. The molecule has 4 heteroatoms. The molecule has 0 aromatic heterocycles. The number of rotatable bonds is 1. The highest BCUT2D eigenvalue weighted by Gasteiger charge is 2.27. The number of benzene rings is 1. The second kappa shape index (κ2) is 3.14. The second-order valence-electron chi connectivity index (χ2n) is 3.09. The highest BCUT2D eigenvalue weighted by Crippen LogP contribution is 2.30. The number of fused-ring (bicyclic) bond motifs is 1. The number of anilines is 1. The van der Waals surface area contributed by atoms with Crippen molar-refractivity contribution in [2.75, 3.05) is 5.32 Å². The summed E-state index contributed by atoms with van der Waals surface area (Å²) in [6.07, 6.45) is -1.95. The summed E-state index contributed by atoms with van der Waals surface area (Å²) in [4.78, 5) is 0. The third kappa shape index (κ3) is 1.61. The van der Waals surface area contributed by atoms with Gasteiger partial charge in [-0.3, -0.25) is 0 Å². The van der Waals surface area contributed by atoms with Gasteiger partial charge in [0.25, 0.3) is 6.43 Å². The van der Waals surface area contributed by atoms with E-state index in [0.717, 1.165) is 11.3 Å². The minimum atomic E-state index is -2.33. The Hall–Kier alpha value is -0.830. The lowest BCUT2D eigenvalue weighted by atomic mass is 10.1. The average Bonchev–Trinajstić information content (AvgIpc) is 2.46. The monoisotopic (exact) mass is 203 g/mol. The lowest BCUT2D eigenvalue weighted by molar-refractivity contribution is 0.126. The van der Waals surface area contributed by atoms with Gasteiger partial charge in [-0.1, -0.05) is 17.7 Å². The van der Waals surface area contributed by atoms with Gasteiger partial charge in [0, 0.05) is 17.1 Å². The smallest absolute Gasteiger partial charge is 0.258 e. The largest absolute Gasteiger partial charge is 0.376 e. The summed E-state index contributed by atoms with van der Waals surface area (Å²) in [6.45, 7) is 0. The molecule has 0 bridgehead atoms. The van der Waals surface area contributed by atoms with Gasteiger partial charge in [0.2, 0.25) is 0 Å². The third-order valence-electron chi connectivity index (χ3n) is 2.16. The van der Waals surface area contributed by atoms with Crippen LogP contribution in [-0.4, -0.2) is 12.5 Å². The van der Waals surface area contributed by atoms with Crippen molar-refractivity contribution in [1.29, 1.82) is 0 Å². The van der Waals surface area contributed by atoms with Gasteiger partial charge >= 0.3 is 0 Å². The number of alkyl halides is 2. The number of hydrogen-bond acceptors (Lipinski definition) is 1. The fraction of sp³-hybridized carbons (Fsp3) is 0.333. The zero-order chi connectivity index (χ0) is 9.42. The highest BCUT2D eigenvalue weighted by molar-refractivity contribution is 6.30. The summed E-state index contributed by atoms with van der Waals surface area (Å²) in [7, 11) is 0. The van der Waals surface area contributed by atoms with Crippen LogP contribution in [0.25, 0.3) is 0 Å². The molecule has 0 radical (unpaired) electrons. The maximum atomic E-state index is 12.3. The SMILES string of the molecule is FC(F)C1Cc2ccc(Cl)cc2N1. The number of nitrogens with one attached hydrogen (secondary N) is 1. The van der Waals surface area contributed by atoms with Crippen molar-refractivity contribution in [2.45, 2.75) is 18.9 Å². The zero-order valence-electron chi connectivity index (χ0n) is 6.73. The maximum Gasteiger partial charge on any atom is 0.258 e. The van der Waals surface area contributed by atoms with Crippen LogP contribution in [0.15, 0.2) is 18.2 Å². The van der Waals surface area contributed by atoms with E-state index in [-0.39, 0.29) is 0 Å². The van der Waals surface area contributed by atoms with E-state index in [1.807, 2.05) is 0 Å². The van der Waals surface area contributed by atoms with Crippen molar-refractivity contribution in [2.24, 2.45) is 0 Å². The molecule has 0 spiro atoms. The van der Waals surface area contributed by atoms with Crippen molar-refractivity contribution >= 4 is 17.3 Å². The molecule has 1 heterocycles. The predicted molar refractivity (Wildman–Crippen MR) is 48.6 cm³/mol. The Kier molecular flexibility index (Phi) is 2.12. The number of hydrogen-bond donors (Lipinski definition) is 1. The predicted octanol–water partition coefficient (Wildman–Crippen LogP) is 2.94. The normalized spacial score (nSPS) is 20.2. The molecule has 0 amide bonds. The Morgan fingerprint density at radius 1 is 1.46 bits per heavy atom. The Bertz CT molecular complexity index is 327. The molecule has 1 aromatic rings. The standard InChI is InChI=1S/C9H8ClF2N/c10-6-2-1-5-3-8(9(11)12)13-7(5)4-6/h1-2,4,8-9,13H,3H2. The first-order valence-corrected chi connectivity index (χ1v) is 4.38. The molecule has 0 aliphatic carbocycles. The van der Waals surface area contributed by atoms with E-state index >= 15 is 0 Å². The van der Waals surface area contributed by atoms with E-state index in [2.05, 4.69) is 5.32 Å². The molecule has 1 N–H and O–H groups in total. The molecule has 1 aliphatic rings. The summed E-state index contributed by atoms with van der Waals surface area (Å²) in [6, 6.07) is 4.43. The first-order chi connectivity index (χ1) is 6.16. The van der Waals surface area contributed by atoms with Crippen LogP contribution in [0.3, 0.4) is 0 Å². The lowest BCUT2D eigenvalue weighted by Gasteiger charge is -2.08. The fourth-order valence-corrected chi connectivity index (χ4v) is 1.67. The molecular formula is C9H8ClF2N. The molecule has 0 fully saturated rings. The summed E-state index contributed by atoms with van der Waals surface area (Å²) >= 11 is 5.72. The van der Waals surface area contributed by atoms with E-state index in [0.29, 0.717) is 11.4 Å².